The van der Waals surface area contributed by atoms with Crippen LogP contribution in [-0.4, -0.2) is 40.8 Å². The molecule has 0 radical (unpaired) electrons. The van der Waals surface area contributed by atoms with E-state index >= 15 is 0 Å². The number of ether oxygens (including phenoxy) is 2. The average Bonchev–Trinajstić information content (AvgIpc) is 3.18. The van der Waals surface area contributed by atoms with Crippen molar-refractivity contribution in [1.82, 2.24) is 5.32 Å². The van der Waals surface area contributed by atoms with Crippen molar-refractivity contribution in [2.75, 3.05) is 6.61 Å². The zero-order valence-corrected chi connectivity index (χ0v) is 16.1. The molecule has 2 fully saturated rings. The molecule has 0 bridgehead atoms. The molecule has 5 atom stereocenters. The summed E-state index contributed by atoms with van der Waals surface area (Å²) in [7, 11) is 0. The molecule has 1 aromatic rings. The number of aliphatic hydroxyl groups excluding tert-OH is 1. The minimum Gasteiger partial charge on any atom is -0.393 e. The second-order valence-corrected chi connectivity index (χ2v) is 8.12. The van der Waals surface area contributed by atoms with Crippen LogP contribution in [0.1, 0.15) is 38.2 Å². The number of carbonyl (C=O) groups is 2. The highest BCUT2D eigenvalue weighted by atomic mass is 16.7. The SMILES string of the molecule is C[C@]12OC(OCc3ccccc3)C[C@H]1C(=O)N[C@]2(CO)C(=O)[C@@H]1C=CCCC1. The first kappa shape index (κ1) is 19.3. The number of allylic oxidation sites excluding steroid dienone is 2. The molecule has 1 unspecified atom stereocenters. The Morgan fingerprint density at radius 1 is 1.36 bits per heavy atom. The molecule has 2 aliphatic heterocycles. The Bertz CT molecular complexity index is 778. The average molecular weight is 385 g/mol. The van der Waals surface area contributed by atoms with Crippen molar-refractivity contribution in [3.63, 3.8) is 0 Å². The van der Waals surface area contributed by atoms with Gasteiger partial charge in [0.05, 0.1) is 19.1 Å². The molecule has 0 saturated carbocycles. The van der Waals surface area contributed by atoms with E-state index in [1.165, 1.54) is 0 Å². The summed E-state index contributed by atoms with van der Waals surface area (Å²) < 4.78 is 12.1. The van der Waals surface area contributed by atoms with Crippen LogP contribution in [0.3, 0.4) is 0 Å². The fourth-order valence-electron chi connectivity index (χ4n) is 4.79. The number of fused-ring (bicyclic) bond motifs is 1. The van der Waals surface area contributed by atoms with Gasteiger partial charge in [-0.15, -0.1) is 0 Å². The van der Waals surface area contributed by atoms with Crippen molar-refractivity contribution in [3.8, 4) is 0 Å². The predicted molar refractivity (Wildman–Crippen MR) is 102 cm³/mol. The van der Waals surface area contributed by atoms with E-state index in [1.807, 2.05) is 42.5 Å². The number of benzene rings is 1. The van der Waals surface area contributed by atoms with Gasteiger partial charge in [-0.3, -0.25) is 9.59 Å². The predicted octanol–water partition coefficient (Wildman–Crippen LogP) is 2.11. The number of carbonyl (C=O) groups excluding carboxylic acids is 2. The number of rotatable bonds is 6. The van der Waals surface area contributed by atoms with Gasteiger partial charge in [-0.2, -0.15) is 0 Å². The molecule has 3 aliphatic rings. The van der Waals surface area contributed by atoms with Crippen LogP contribution in [0.15, 0.2) is 42.5 Å². The van der Waals surface area contributed by atoms with E-state index in [1.54, 1.807) is 6.92 Å². The summed E-state index contributed by atoms with van der Waals surface area (Å²) in [4.78, 5) is 26.1. The molecule has 150 valence electrons. The van der Waals surface area contributed by atoms with Crippen molar-refractivity contribution in [2.45, 2.75) is 56.6 Å². The van der Waals surface area contributed by atoms with Crippen LogP contribution in [0.4, 0.5) is 0 Å². The monoisotopic (exact) mass is 385 g/mol. The summed E-state index contributed by atoms with van der Waals surface area (Å²) in [6.45, 7) is 1.63. The van der Waals surface area contributed by atoms with Crippen molar-refractivity contribution < 1.29 is 24.2 Å². The normalized spacial score (nSPS) is 36.9. The zero-order valence-electron chi connectivity index (χ0n) is 16.1. The van der Waals surface area contributed by atoms with Gasteiger partial charge in [0.15, 0.2) is 17.6 Å². The van der Waals surface area contributed by atoms with E-state index in [9.17, 15) is 14.7 Å². The molecule has 0 spiro atoms. The van der Waals surface area contributed by atoms with Crippen molar-refractivity contribution in [3.05, 3.63) is 48.0 Å². The summed E-state index contributed by atoms with van der Waals surface area (Å²) in [5.74, 6) is -1.27. The molecule has 2 N–H and O–H groups in total. The topological polar surface area (TPSA) is 84.9 Å². The van der Waals surface area contributed by atoms with E-state index in [2.05, 4.69) is 5.32 Å². The van der Waals surface area contributed by atoms with Crippen molar-refractivity contribution in [2.24, 2.45) is 11.8 Å². The summed E-state index contributed by atoms with van der Waals surface area (Å²) in [6, 6.07) is 9.73. The van der Waals surface area contributed by atoms with Crippen LogP contribution in [0, 0.1) is 11.8 Å². The number of amides is 1. The van der Waals surface area contributed by atoms with E-state index in [0.29, 0.717) is 13.0 Å². The van der Waals surface area contributed by atoms with Gasteiger partial charge >= 0.3 is 0 Å². The molecular formula is C22H27NO5. The van der Waals surface area contributed by atoms with Crippen LogP contribution in [-0.2, 0) is 25.7 Å². The minimum absolute atomic E-state index is 0.173. The highest BCUT2D eigenvalue weighted by Gasteiger charge is 2.70. The standard InChI is InChI=1S/C22H27NO5/c1-21-17(12-18(28-21)27-13-15-8-4-2-5-9-15)20(26)23-22(21,14-24)19(25)16-10-6-3-7-11-16/h2,4-6,8-10,16-18,24H,3,7,11-14H2,1H3,(H,23,26)/t16-,17+,18?,21+,22-/m1/s1. The van der Waals surface area contributed by atoms with Gasteiger partial charge in [0.25, 0.3) is 0 Å². The van der Waals surface area contributed by atoms with E-state index in [4.69, 9.17) is 9.47 Å². The van der Waals surface area contributed by atoms with Crippen LogP contribution in [0.2, 0.25) is 0 Å². The van der Waals surface area contributed by atoms with Crippen LogP contribution < -0.4 is 5.32 Å². The molecule has 1 aromatic carbocycles. The van der Waals surface area contributed by atoms with E-state index in [0.717, 1.165) is 24.8 Å². The van der Waals surface area contributed by atoms with E-state index in [-0.39, 0.29) is 17.6 Å². The van der Waals surface area contributed by atoms with Gasteiger partial charge in [0.2, 0.25) is 5.91 Å². The lowest BCUT2D eigenvalue weighted by Crippen LogP contribution is -2.66. The summed E-state index contributed by atoms with van der Waals surface area (Å²) in [6.07, 6.45) is 6.26. The molecule has 1 aliphatic carbocycles. The van der Waals surface area contributed by atoms with Gasteiger partial charge in [-0.1, -0.05) is 42.5 Å². The molecule has 6 heteroatoms. The van der Waals surface area contributed by atoms with Crippen molar-refractivity contribution >= 4 is 11.7 Å². The molecule has 2 heterocycles. The fourth-order valence-corrected chi connectivity index (χ4v) is 4.79. The summed E-state index contributed by atoms with van der Waals surface area (Å²) >= 11 is 0. The highest BCUT2D eigenvalue weighted by Crippen LogP contribution is 2.49. The highest BCUT2D eigenvalue weighted by molar-refractivity contribution is 6.01. The zero-order chi connectivity index (χ0) is 19.8. The maximum absolute atomic E-state index is 13.4. The second kappa shape index (κ2) is 7.43. The first-order chi connectivity index (χ1) is 13.5. The Morgan fingerprint density at radius 3 is 2.82 bits per heavy atom. The lowest BCUT2D eigenvalue weighted by molar-refractivity contribution is -0.195. The number of ketones is 1. The molecule has 0 aromatic heterocycles. The van der Waals surface area contributed by atoms with Gasteiger partial charge in [-0.05, 0) is 31.7 Å². The Morgan fingerprint density at radius 2 is 2.14 bits per heavy atom. The number of hydrogen-bond donors (Lipinski definition) is 2. The quantitative estimate of drug-likeness (QED) is 0.733. The lowest BCUT2D eigenvalue weighted by Gasteiger charge is -2.41. The number of hydrogen-bond acceptors (Lipinski definition) is 5. The third-order valence-electron chi connectivity index (χ3n) is 6.50. The summed E-state index contributed by atoms with van der Waals surface area (Å²) in [5, 5.41) is 13.1. The van der Waals surface area contributed by atoms with Crippen LogP contribution in [0.5, 0.6) is 0 Å². The molecule has 6 nitrogen and oxygen atoms in total. The first-order valence-electron chi connectivity index (χ1n) is 9.97. The summed E-state index contributed by atoms with van der Waals surface area (Å²) in [5.41, 5.74) is -1.57. The maximum atomic E-state index is 13.4. The number of aliphatic hydroxyl groups is 1. The molecule has 28 heavy (non-hydrogen) atoms. The van der Waals surface area contributed by atoms with Crippen molar-refractivity contribution in [1.29, 1.82) is 0 Å². The van der Waals surface area contributed by atoms with Gasteiger partial charge in [0.1, 0.15) is 5.60 Å². The van der Waals surface area contributed by atoms with E-state index < -0.39 is 30.0 Å². The van der Waals surface area contributed by atoms with Gasteiger partial charge in [-0.25, -0.2) is 0 Å². The first-order valence-corrected chi connectivity index (χ1v) is 9.97. The number of Topliss-reactive ketones (excluding diaryl/α,β-unsaturated/α-hetero) is 1. The minimum atomic E-state index is -1.44. The Labute approximate surface area is 164 Å². The third kappa shape index (κ3) is 3.00. The number of nitrogens with one attached hydrogen (secondary N) is 1. The third-order valence-corrected chi connectivity index (χ3v) is 6.50. The molecule has 2 saturated heterocycles. The lowest BCUT2D eigenvalue weighted by atomic mass is 9.70. The van der Waals surface area contributed by atoms with Gasteiger partial charge < -0.3 is 19.9 Å². The van der Waals surface area contributed by atoms with Crippen LogP contribution >= 0.6 is 0 Å². The molecule has 4 rings (SSSR count). The van der Waals surface area contributed by atoms with Crippen LogP contribution in [0.25, 0.3) is 0 Å². The maximum Gasteiger partial charge on any atom is 0.227 e. The fraction of sp³-hybridized carbons (Fsp3) is 0.545. The second-order valence-electron chi connectivity index (χ2n) is 8.12. The Kier molecular flexibility index (Phi) is 5.12. The largest absolute Gasteiger partial charge is 0.393 e. The van der Waals surface area contributed by atoms with Gasteiger partial charge in [0, 0.05) is 12.3 Å². The Balaban J connectivity index is 1.55. The Hall–Kier alpha value is -2.02. The molecular weight excluding hydrogens is 358 g/mol. The smallest absolute Gasteiger partial charge is 0.227 e. The molecule has 1 amide bonds.